The third kappa shape index (κ3) is 4.29. The molecule has 8 nitrogen and oxygen atoms in total. The van der Waals surface area contributed by atoms with Gasteiger partial charge in [-0.1, -0.05) is 12.1 Å². The molecule has 10 heteroatoms. The van der Waals surface area contributed by atoms with Gasteiger partial charge in [0.05, 0.1) is 12.0 Å². The van der Waals surface area contributed by atoms with Crippen molar-refractivity contribution in [2.24, 2.45) is 0 Å². The third-order valence-electron chi connectivity index (χ3n) is 3.45. The molecule has 0 spiro atoms. The van der Waals surface area contributed by atoms with E-state index < -0.39 is 24.6 Å². The van der Waals surface area contributed by atoms with Crippen molar-refractivity contribution in [2.45, 2.75) is 13.2 Å². The molecule has 1 aromatic carbocycles. The topological polar surface area (TPSA) is 112 Å². The van der Waals surface area contributed by atoms with Crippen LogP contribution >= 0.6 is 0 Å². The number of para-hydroxylation sites is 2. The maximum Gasteiger partial charge on any atom is 0.387 e. The van der Waals surface area contributed by atoms with E-state index in [9.17, 15) is 18.4 Å². The normalized spacial score (nSPS) is 10.8. The number of alkyl halides is 2. The van der Waals surface area contributed by atoms with Crippen LogP contribution in [0, 0.1) is 0 Å². The van der Waals surface area contributed by atoms with E-state index in [1.807, 2.05) is 0 Å². The lowest BCUT2D eigenvalue weighted by molar-refractivity contribution is -0.117. The summed E-state index contributed by atoms with van der Waals surface area (Å²) in [5.41, 5.74) is 5.20. The number of carbonyl (C=O) groups is 1. The highest BCUT2D eigenvalue weighted by Crippen LogP contribution is 2.25. The second-order valence-electron chi connectivity index (χ2n) is 5.35. The summed E-state index contributed by atoms with van der Waals surface area (Å²) in [7, 11) is 0. The molecule has 2 aromatic heterocycles. The SMILES string of the molecule is Nc1cc(-c2ccco2)nn(CC(=O)Nc2ccccc2OC(F)F)c1=O. The maximum absolute atomic E-state index is 12.4. The zero-order valence-electron chi connectivity index (χ0n) is 13.8. The monoisotopic (exact) mass is 376 g/mol. The molecule has 0 fully saturated rings. The van der Waals surface area contributed by atoms with Gasteiger partial charge >= 0.3 is 6.61 Å². The molecule has 3 N–H and O–H groups in total. The van der Waals surface area contributed by atoms with Crippen LogP contribution < -0.4 is 21.3 Å². The largest absolute Gasteiger partial charge is 0.463 e. The molecule has 0 bridgehead atoms. The van der Waals surface area contributed by atoms with Crippen LogP contribution in [0.1, 0.15) is 0 Å². The third-order valence-corrected chi connectivity index (χ3v) is 3.45. The number of hydrogen-bond donors (Lipinski definition) is 2. The maximum atomic E-state index is 12.4. The molecule has 2 heterocycles. The molecule has 0 saturated heterocycles. The molecule has 0 atom stereocenters. The van der Waals surface area contributed by atoms with Gasteiger partial charge in [0.25, 0.3) is 5.56 Å². The molecular formula is C17H14F2N4O4. The van der Waals surface area contributed by atoms with Crippen LogP contribution in [0.5, 0.6) is 5.75 Å². The highest BCUT2D eigenvalue weighted by molar-refractivity contribution is 5.92. The Kier molecular flexibility index (Phi) is 5.15. The Bertz CT molecular complexity index is 1000. The number of halogens is 2. The predicted octanol–water partition coefficient (Wildman–Crippen LogP) is 2.33. The Morgan fingerprint density at radius 1 is 1.30 bits per heavy atom. The first-order valence-electron chi connectivity index (χ1n) is 7.69. The smallest absolute Gasteiger partial charge is 0.387 e. The standard InChI is InChI=1S/C17H14F2N4O4/c18-17(19)27-14-5-2-1-4-11(14)21-15(24)9-23-16(25)10(20)8-12(22-23)13-6-3-7-26-13/h1-8,17H,9,20H2,(H,21,24). The molecule has 0 aliphatic rings. The number of nitrogen functional groups attached to an aromatic ring is 1. The van der Waals surface area contributed by atoms with Crippen molar-refractivity contribution in [1.82, 2.24) is 9.78 Å². The summed E-state index contributed by atoms with van der Waals surface area (Å²) in [5, 5.41) is 6.45. The summed E-state index contributed by atoms with van der Waals surface area (Å²) in [6.45, 7) is -3.53. The average molecular weight is 376 g/mol. The van der Waals surface area contributed by atoms with Crippen molar-refractivity contribution in [3.05, 3.63) is 59.1 Å². The van der Waals surface area contributed by atoms with Gasteiger partial charge in [-0.25, -0.2) is 4.68 Å². The predicted molar refractivity (Wildman–Crippen MR) is 92.3 cm³/mol. The van der Waals surface area contributed by atoms with Crippen molar-refractivity contribution in [3.63, 3.8) is 0 Å². The molecule has 0 aliphatic carbocycles. The number of nitrogens with zero attached hydrogens (tertiary/aromatic N) is 2. The Labute approximate surface area is 151 Å². The fourth-order valence-electron chi connectivity index (χ4n) is 2.31. The van der Waals surface area contributed by atoms with E-state index in [2.05, 4.69) is 15.2 Å². The van der Waals surface area contributed by atoms with Crippen molar-refractivity contribution in [1.29, 1.82) is 0 Å². The molecular weight excluding hydrogens is 362 g/mol. The lowest BCUT2D eigenvalue weighted by Gasteiger charge is -2.12. The van der Waals surface area contributed by atoms with Gasteiger partial charge in [0.1, 0.15) is 23.7 Å². The number of rotatable bonds is 6. The van der Waals surface area contributed by atoms with E-state index >= 15 is 0 Å². The van der Waals surface area contributed by atoms with Gasteiger partial charge in [-0.15, -0.1) is 0 Å². The summed E-state index contributed by atoms with van der Waals surface area (Å²) in [6, 6.07) is 10.3. The molecule has 140 valence electrons. The number of hydrogen-bond acceptors (Lipinski definition) is 6. The van der Waals surface area contributed by atoms with E-state index in [0.717, 1.165) is 4.68 Å². The van der Waals surface area contributed by atoms with Crippen molar-refractivity contribution >= 4 is 17.3 Å². The number of ether oxygens (including phenoxy) is 1. The van der Waals surface area contributed by atoms with Crippen LogP contribution in [0.15, 0.2) is 57.9 Å². The van der Waals surface area contributed by atoms with Gasteiger partial charge in [-0.2, -0.15) is 13.9 Å². The lowest BCUT2D eigenvalue weighted by atomic mass is 10.3. The van der Waals surface area contributed by atoms with Gasteiger partial charge in [0.15, 0.2) is 5.76 Å². The van der Waals surface area contributed by atoms with Crippen molar-refractivity contribution in [2.75, 3.05) is 11.1 Å². The van der Waals surface area contributed by atoms with E-state index in [-0.39, 0.29) is 22.8 Å². The number of aromatic nitrogens is 2. The van der Waals surface area contributed by atoms with Gasteiger partial charge in [0, 0.05) is 0 Å². The number of nitrogens with one attached hydrogen (secondary N) is 1. The average Bonchev–Trinajstić information content (AvgIpc) is 3.14. The van der Waals surface area contributed by atoms with Crippen LogP contribution in [0.4, 0.5) is 20.2 Å². The van der Waals surface area contributed by atoms with Crippen LogP contribution in [-0.4, -0.2) is 22.3 Å². The number of nitrogens with two attached hydrogens (primary N) is 1. The molecule has 3 aromatic rings. The summed E-state index contributed by atoms with van der Waals surface area (Å²) in [4.78, 5) is 24.4. The van der Waals surface area contributed by atoms with E-state index in [4.69, 9.17) is 10.2 Å². The van der Waals surface area contributed by atoms with Crippen LogP contribution in [0.3, 0.4) is 0 Å². The fraction of sp³-hybridized carbons (Fsp3) is 0.118. The Balaban J connectivity index is 1.82. The minimum atomic E-state index is -3.04. The summed E-state index contributed by atoms with van der Waals surface area (Å²) < 4.78 is 35.3. The molecule has 0 saturated carbocycles. The minimum absolute atomic E-state index is 0.0333. The fourth-order valence-corrected chi connectivity index (χ4v) is 2.31. The molecule has 27 heavy (non-hydrogen) atoms. The Morgan fingerprint density at radius 3 is 2.78 bits per heavy atom. The summed E-state index contributed by atoms with van der Waals surface area (Å²) >= 11 is 0. The number of amides is 1. The number of anilines is 2. The number of carbonyl (C=O) groups excluding carboxylic acids is 1. The van der Waals surface area contributed by atoms with Gasteiger partial charge in [0.2, 0.25) is 5.91 Å². The van der Waals surface area contributed by atoms with Gasteiger partial charge in [-0.3, -0.25) is 9.59 Å². The minimum Gasteiger partial charge on any atom is -0.463 e. The molecule has 0 radical (unpaired) electrons. The van der Waals surface area contributed by atoms with E-state index in [1.54, 1.807) is 12.1 Å². The number of benzene rings is 1. The van der Waals surface area contributed by atoms with Crippen molar-refractivity contribution < 1.29 is 22.7 Å². The molecule has 0 aliphatic heterocycles. The quantitative estimate of drug-likeness (QED) is 0.683. The second-order valence-corrected chi connectivity index (χ2v) is 5.35. The summed E-state index contributed by atoms with van der Waals surface area (Å²) in [5.74, 6) is -0.512. The van der Waals surface area contributed by atoms with Crippen LogP contribution in [-0.2, 0) is 11.3 Å². The van der Waals surface area contributed by atoms with E-state index in [1.165, 1.54) is 36.6 Å². The highest BCUT2D eigenvalue weighted by Gasteiger charge is 2.15. The molecule has 3 rings (SSSR count). The van der Waals surface area contributed by atoms with Crippen LogP contribution in [0.25, 0.3) is 11.5 Å². The van der Waals surface area contributed by atoms with E-state index in [0.29, 0.717) is 5.76 Å². The first kappa shape index (κ1) is 18.1. The highest BCUT2D eigenvalue weighted by atomic mass is 19.3. The first-order chi connectivity index (χ1) is 12.9. The summed E-state index contributed by atoms with van der Waals surface area (Å²) in [6.07, 6.45) is 1.43. The second kappa shape index (κ2) is 7.68. The first-order valence-corrected chi connectivity index (χ1v) is 7.69. The molecule has 0 unspecified atom stereocenters. The van der Waals surface area contributed by atoms with Crippen molar-refractivity contribution in [3.8, 4) is 17.2 Å². The lowest BCUT2D eigenvalue weighted by Crippen LogP contribution is -2.31. The zero-order valence-corrected chi connectivity index (χ0v) is 13.8. The molecule has 1 amide bonds. The zero-order chi connectivity index (χ0) is 19.4. The van der Waals surface area contributed by atoms with Gasteiger partial charge < -0.3 is 20.2 Å². The van der Waals surface area contributed by atoms with Crippen LogP contribution in [0.2, 0.25) is 0 Å². The Morgan fingerprint density at radius 2 is 2.07 bits per heavy atom. The van der Waals surface area contributed by atoms with Gasteiger partial charge in [-0.05, 0) is 30.3 Å². The number of furan rings is 1. The Hall–Kier alpha value is -3.69.